The Kier molecular flexibility index (Phi) is 5.67. The Hall–Kier alpha value is 0.0300. The molecule has 68 valence electrons. The lowest BCUT2D eigenvalue weighted by Gasteiger charge is -2.19. The highest BCUT2D eigenvalue weighted by atomic mass is 32.2. The van der Waals surface area contributed by atoms with Crippen LogP contribution >= 0.6 is 0 Å². The number of hydrogen-bond acceptors (Lipinski definition) is 3. The van der Waals surface area contributed by atoms with Gasteiger partial charge in [0, 0.05) is 17.8 Å². The summed E-state index contributed by atoms with van der Waals surface area (Å²) in [6.45, 7) is 1.51. The third-order valence-electron chi connectivity index (χ3n) is 1.33. The summed E-state index contributed by atoms with van der Waals surface area (Å²) in [6.07, 6.45) is 0.872. The lowest BCUT2D eigenvalue weighted by atomic mass is 10.4. The van der Waals surface area contributed by atoms with E-state index in [2.05, 4.69) is 0 Å². The first-order chi connectivity index (χ1) is 5.04. The fraction of sp³-hybridized carbons (Fsp3) is 1.00. The van der Waals surface area contributed by atoms with Gasteiger partial charge in [-0.1, -0.05) is 0 Å². The molecule has 0 saturated carbocycles. The minimum atomic E-state index is -2.06. The van der Waals surface area contributed by atoms with E-state index in [-0.39, 0.29) is 0 Å². The average Bonchev–Trinajstić information content (AvgIpc) is 1.86. The molecule has 0 aliphatic rings. The number of hydrogen-bond donors (Lipinski definition) is 0. The van der Waals surface area contributed by atoms with Crippen molar-refractivity contribution in [3.63, 3.8) is 0 Å². The van der Waals surface area contributed by atoms with Crippen molar-refractivity contribution in [3.05, 3.63) is 0 Å². The zero-order valence-electron chi connectivity index (χ0n) is 7.24. The van der Waals surface area contributed by atoms with E-state index in [0.717, 1.165) is 13.0 Å². The normalized spacial score (nSPS) is 14.4. The lowest BCUT2D eigenvalue weighted by molar-refractivity contribution is 0.364. The Morgan fingerprint density at radius 2 is 1.82 bits per heavy atom. The first-order valence-electron chi connectivity index (χ1n) is 3.49. The molecule has 0 aliphatic heterocycles. The summed E-state index contributed by atoms with van der Waals surface area (Å²) >= 11 is -2.06. The molecule has 1 atom stereocenters. The predicted octanol–water partition coefficient (Wildman–Crippen LogP) is -0.336. The van der Waals surface area contributed by atoms with Crippen LogP contribution in [-0.2, 0) is 11.3 Å². The van der Waals surface area contributed by atoms with Gasteiger partial charge < -0.3 is 9.45 Å². The highest BCUT2D eigenvalue weighted by Crippen LogP contribution is 1.90. The zero-order chi connectivity index (χ0) is 8.85. The molecule has 0 rings (SSSR count). The van der Waals surface area contributed by atoms with Crippen molar-refractivity contribution in [2.24, 2.45) is 0 Å². The summed E-state index contributed by atoms with van der Waals surface area (Å²) < 4.78 is 21.9. The molecule has 0 aromatic carbocycles. The Morgan fingerprint density at radius 1 is 1.27 bits per heavy atom. The maximum absolute atomic E-state index is 10.3. The molecular formula is C6H15N2O2S-. The summed E-state index contributed by atoms with van der Waals surface area (Å²) in [6, 6.07) is 0. The molecule has 1 unspecified atom stereocenters. The van der Waals surface area contributed by atoms with Crippen LogP contribution in [0.4, 0.5) is 0 Å². The topological polar surface area (TPSA) is 46.6 Å². The van der Waals surface area contributed by atoms with Crippen LogP contribution in [-0.4, -0.2) is 52.2 Å². The van der Waals surface area contributed by atoms with Gasteiger partial charge in [-0.15, -0.1) is 0 Å². The maximum atomic E-state index is 10.3. The van der Waals surface area contributed by atoms with Gasteiger partial charge in [0.15, 0.2) is 0 Å². The molecule has 0 heterocycles. The van der Waals surface area contributed by atoms with Gasteiger partial charge in [0.25, 0.3) is 0 Å². The molecule has 0 amide bonds. The highest BCUT2D eigenvalue weighted by Gasteiger charge is 1.96. The summed E-state index contributed by atoms with van der Waals surface area (Å²) in [5, 5.41) is 0. The van der Waals surface area contributed by atoms with E-state index in [4.69, 9.17) is 0 Å². The summed E-state index contributed by atoms with van der Waals surface area (Å²) in [7, 11) is 5.50. The Morgan fingerprint density at radius 3 is 2.18 bits per heavy atom. The molecule has 0 saturated heterocycles. The van der Waals surface area contributed by atoms with E-state index in [1.165, 1.54) is 4.31 Å². The van der Waals surface area contributed by atoms with Gasteiger partial charge in [-0.3, -0.25) is 4.21 Å². The van der Waals surface area contributed by atoms with Crippen LogP contribution in [0.15, 0.2) is 0 Å². The molecule has 11 heavy (non-hydrogen) atoms. The van der Waals surface area contributed by atoms with Crippen LogP contribution in [0.3, 0.4) is 0 Å². The molecule has 0 aliphatic carbocycles. The fourth-order valence-electron chi connectivity index (χ4n) is 0.684. The van der Waals surface area contributed by atoms with Crippen molar-refractivity contribution in [3.8, 4) is 0 Å². The molecule has 4 nitrogen and oxygen atoms in total. The maximum Gasteiger partial charge on any atom is 0.0206 e. The quantitative estimate of drug-likeness (QED) is 0.543. The summed E-state index contributed by atoms with van der Waals surface area (Å²) in [5.41, 5.74) is 0. The minimum Gasteiger partial charge on any atom is -0.760 e. The van der Waals surface area contributed by atoms with Crippen molar-refractivity contribution in [1.29, 1.82) is 0 Å². The second-order valence-corrected chi connectivity index (χ2v) is 3.78. The van der Waals surface area contributed by atoms with Gasteiger partial charge >= 0.3 is 0 Å². The van der Waals surface area contributed by atoms with Gasteiger partial charge in [-0.2, -0.15) is 0 Å². The molecule has 0 spiro atoms. The third-order valence-corrected chi connectivity index (χ3v) is 2.02. The van der Waals surface area contributed by atoms with Gasteiger partial charge in [0.1, 0.15) is 0 Å². The highest BCUT2D eigenvalue weighted by molar-refractivity contribution is 7.76. The molecule has 0 bridgehead atoms. The number of rotatable bonds is 5. The van der Waals surface area contributed by atoms with Gasteiger partial charge in [-0.05, 0) is 34.1 Å². The van der Waals surface area contributed by atoms with Gasteiger partial charge in [-0.25, -0.2) is 4.31 Å². The van der Waals surface area contributed by atoms with Crippen LogP contribution in [0, 0.1) is 0 Å². The molecule has 0 radical (unpaired) electrons. The number of nitrogens with zero attached hydrogens (tertiary/aromatic N) is 2. The van der Waals surface area contributed by atoms with E-state index in [0.29, 0.717) is 6.54 Å². The van der Waals surface area contributed by atoms with E-state index in [9.17, 15) is 8.76 Å². The zero-order valence-corrected chi connectivity index (χ0v) is 8.06. The second kappa shape index (κ2) is 5.65. The molecule has 0 aromatic heterocycles. The van der Waals surface area contributed by atoms with Crippen molar-refractivity contribution >= 4 is 11.3 Å². The van der Waals surface area contributed by atoms with Crippen molar-refractivity contribution in [1.82, 2.24) is 9.21 Å². The van der Waals surface area contributed by atoms with Gasteiger partial charge in [0.05, 0.1) is 0 Å². The van der Waals surface area contributed by atoms with Crippen molar-refractivity contribution in [2.75, 3.05) is 34.2 Å². The van der Waals surface area contributed by atoms with Crippen LogP contribution in [0.2, 0.25) is 0 Å². The largest absolute Gasteiger partial charge is 0.760 e. The minimum absolute atomic E-state index is 0.592. The van der Waals surface area contributed by atoms with Crippen molar-refractivity contribution < 1.29 is 8.76 Å². The standard InChI is InChI=1S/C6H16N2O2S/c1-7(2)5-4-6-8(3)11(9)10/h4-6H2,1-3H3,(H,9,10)/p-1. The van der Waals surface area contributed by atoms with Crippen LogP contribution in [0.25, 0.3) is 0 Å². The smallest absolute Gasteiger partial charge is 0.0206 e. The van der Waals surface area contributed by atoms with E-state index in [1.54, 1.807) is 7.05 Å². The van der Waals surface area contributed by atoms with E-state index in [1.807, 2.05) is 19.0 Å². The first kappa shape index (κ1) is 11.0. The predicted molar refractivity (Wildman–Crippen MR) is 44.7 cm³/mol. The lowest BCUT2D eigenvalue weighted by Crippen LogP contribution is -2.25. The fourth-order valence-corrected chi connectivity index (χ4v) is 0.962. The van der Waals surface area contributed by atoms with Crippen molar-refractivity contribution in [2.45, 2.75) is 6.42 Å². The Bertz CT molecular complexity index is 130. The average molecular weight is 179 g/mol. The van der Waals surface area contributed by atoms with Crippen LogP contribution in [0.1, 0.15) is 6.42 Å². The van der Waals surface area contributed by atoms with E-state index >= 15 is 0 Å². The van der Waals surface area contributed by atoms with E-state index < -0.39 is 11.3 Å². The molecule has 5 heteroatoms. The van der Waals surface area contributed by atoms with Crippen LogP contribution in [0.5, 0.6) is 0 Å². The molecule has 0 N–H and O–H groups in total. The Labute approximate surface area is 70.6 Å². The summed E-state index contributed by atoms with van der Waals surface area (Å²) in [4.78, 5) is 2.03. The van der Waals surface area contributed by atoms with Crippen LogP contribution < -0.4 is 0 Å². The Balaban J connectivity index is 3.31. The molecular weight excluding hydrogens is 164 g/mol. The first-order valence-corrected chi connectivity index (χ1v) is 4.52. The monoisotopic (exact) mass is 179 g/mol. The van der Waals surface area contributed by atoms with Gasteiger partial charge in [0.2, 0.25) is 0 Å². The second-order valence-electron chi connectivity index (χ2n) is 2.73. The molecule has 0 aromatic rings. The SMILES string of the molecule is CN(C)CCCN(C)S(=O)[O-]. The molecule has 0 fully saturated rings. The summed E-state index contributed by atoms with van der Waals surface area (Å²) in [5.74, 6) is 0. The third kappa shape index (κ3) is 6.43.